The van der Waals surface area contributed by atoms with Crippen molar-refractivity contribution in [2.45, 2.75) is 24.9 Å². The van der Waals surface area contributed by atoms with Crippen LogP contribution in [0.3, 0.4) is 0 Å². The Morgan fingerprint density at radius 1 is 1.55 bits per heavy atom. The van der Waals surface area contributed by atoms with Crippen molar-refractivity contribution in [3.05, 3.63) is 6.33 Å². The second-order valence-electron chi connectivity index (χ2n) is 4.45. The van der Waals surface area contributed by atoms with E-state index in [1.54, 1.807) is 0 Å². The highest BCUT2D eigenvalue weighted by Crippen LogP contribution is 2.33. The number of aliphatic hydroxyl groups excluding tert-OH is 1. The fourth-order valence-corrected chi connectivity index (χ4v) is 2.26. The molecular formula is C10H13FN6O3. The van der Waals surface area contributed by atoms with E-state index in [2.05, 4.69) is 15.0 Å². The fraction of sp³-hybridized carbons (Fsp3) is 0.500. The van der Waals surface area contributed by atoms with E-state index in [0.29, 0.717) is 0 Å². The SMILES string of the molecule is Nc1nc(NO)c2ncn([C@@H]3O[C@H](CO)C[C@H]3F)c2n1. The summed E-state index contributed by atoms with van der Waals surface area (Å²) < 4.78 is 20.7. The molecule has 0 aliphatic carbocycles. The smallest absolute Gasteiger partial charge is 0.224 e. The summed E-state index contributed by atoms with van der Waals surface area (Å²) in [5.41, 5.74) is 7.87. The lowest BCUT2D eigenvalue weighted by atomic mass is 10.2. The van der Waals surface area contributed by atoms with Crippen LogP contribution in [0.2, 0.25) is 0 Å². The molecule has 0 radical (unpaired) electrons. The van der Waals surface area contributed by atoms with E-state index >= 15 is 0 Å². The van der Waals surface area contributed by atoms with Crippen LogP contribution in [0.4, 0.5) is 16.2 Å². The summed E-state index contributed by atoms with van der Waals surface area (Å²) in [6.07, 6.45) is -1.39. The van der Waals surface area contributed by atoms with Gasteiger partial charge in [-0.1, -0.05) is 0 Å². The third-order valence-electron chi connectivity index (χ3n) is 3.15. The predicted molar refractivity (Wildman–Crippen MR) is 65.7 cm³/mol. The molecule has 9 nitrogen and oxygen atoms in total. The van der Waals surface area contributed by atoms with Crippen molar-refractivity contribution in [3.8, 4) is 0 Å². The third kappa shape index (κ3) is 1.94. The van der Waals surface area contributed by atoms with Gasteiger partial charge in [0.25, 0.3) is 0 Å². The average molecular weight is 284 g/mol. The maximum absolute atomic E-state index is 14.0. The van der Waals surface area contributed by atoms with Gasteiger partial charge in [-0.05, 0) is 0 Å². The van der Waals surface area contributed by atoms with Crippen molar-refractivity contribution in [3.63, 3.8) is 0 Å². The zero-order valence-electron chi connectivity index (χ0n) is 10.3. The van der Waals surface area contributed by atoms with Crippen molar-refractivity contribution in [2.24, 2.45) is 0 Å². The number of hydrogen-bond donors (Lipinski definition) is 4. The van der Waals surface area contributed by atoms with Gasteiger partial charge in [0.2, 0.25) is 5.95 Å². The lowest BCUT2D eigenvalue weighted by Crippen LogP contribution is -2.17. The van der Waals surface area contributed by atoms with E-state index in [-0.39, 0.29) is 36.0 Å². The fourth-order valence-electron chi connectivity index (χ4n) is 2.26. The maximum Gasteiger partial charge on any atom is 0.224 e. The molecule has 1 aliphatic heterocycles. The van der Waals surface area contributed by atoms with Crippen molar-refractivity contribution < 1.29 is 19.4 Å². The Morgan fingerprint density at radius 3 is 3.00 bits per heavy atom. The van der Waals surface area contributed by atoms with Crippen LogP contribution in [0, 0.1) is 0 Å². The quantitative estimate of drug-likeness (QED) is 0.571. The van der Waals surface area contributed by atoms with Gasteiger partial charge in [0.15, 0.2) is 23.2 Å². The molecule has 1 fully saturated rings. The number of nitrogens with two attached hydrogens (primary N) is 1. The lowest BCUT2D eigenvalue weighted by molar-refractivity contribution is -0.0351. The summed E-state index contributed by atoms with van der Waals surface area (Å²) in [5.74, 6) is -0.0683. The van der Waals surface area contributed by atoms with Gasteiger partial charge in [-0.2, -0.15) is 9.97 Å². The van der Waals surface area contributed by atoms with Gasteiger partial charge in [0, 0.05) is 6.42 Å². The minimum Gasteiger partial charge on any atom is -0.394 e. The molecule has 0 bridgehead atoms. The third-order valence-corrected chi connectivity index (χ3v) is 3.15. The predicted octanol–water partition coefficient (Wildman–Crippen LogP) is -0.173. The number of nitrogens with zero attached hydrogens (tertiary/aromatic N) is 4. The minimum atomic E-state index is -1.30. The summed E-state index contributed by atoms with van der Waals surface area (Å²) in [6, 6.07) is 0. The van der Waals surface area contributed by atoms with Crippen molar-refractivity contribution >= 4 is 22.9 Å². The topological polar surface area (TPSA) is 131 Å². The van der Waals surface area contributed by atoms with Crippen molar-refractivity contribution in [1.29, 1.82) is 0 Å². The molecule has 3 heterocycles. The molecule has 0 spiro atoms. The van der Waals surface area contributed by atoms with Crippen LogP contribution in [0.15, 0.2) is 6.33 Å². The van der Waals surface area contributed by atoms with Gasteiger partial charge in [0.05, 0.1) is 19.0 Å². The number of aliphatic hydroxyl groups is 1. The number of hydrogen-bond acceptors (Lipinski definition) is 8. The van der Waals surface area contributed by atoms with E-state index in [1.165, 1.54) is 10.9 Å². The van der Waals surface area contributed by atoms with Gasteiger partial charge in [0.1, 0.15) is 6.17 Å². The van der Waals surface area contributed by atoms with Crippen LogP contribution in [-0.2, 0) is 4.74 Å². The first-order valence-electron chi connectivity index (χ1n) is 5.94. The molecule has 108 valence electrons. The van der Waals surface area contributed by atoms with Gasteiger partial charge in [-0.25, -0.2) is 9.37 Å². The molecule has 0 amide bonds. The Morgan fingerprint density at radius 2 is 2.35 bits per heavy atom. The molecule has 0 saturated carbocycles. The van der Waals surface area contributed by atoms with Crippen molar-refractivity contribution in [1.82, 2.24) is 19.5 Å². The lowest BCUT2D eigenvalue weighted by Gasteiger charge is -2.15. The molecule has 10 heteroatoms. The summed E-state index contributed by atoms with van der Waals surface area (Å²) in [7, 11) is 0. The van der Waals surface area contributed by atoms with Crippen molar-refractivity contribution in [2.75, 3.05) is 17.8 Å². The van der Waals surface area contributed by atoms with Gasteiger partial charge >= 0.3 is 0 Å². The molecular weight excluding hydrogens is 271 g/mol. The number of anilines is 2. The Balaban J connectivity index is 2.07. The number of ether oxygens (including phenoxy) is 1. The molecule has 3 atom stereocenters. The number of rotatable bonds is 3. The molecule has 0 unspecified atom stereocenters. The molecule has 5 N–H and O–H groups in total. The highest BCUT2D eigenvalue weighted by molar-refractivity contribution is 5.83. The number of nitrogens with one attached hydrogen (secondary N) is 1. The van der Waals surface area contributed by atoms with E-state index < -0.39 is 18.5 Å². The summed E-state index contributed by atoms with van der Waals surface area (Å²) in [6.45, 7) is -0.260. The zero-order chi connectivity index (χ0) is 14.3. The second-order valence-corrected chi connectivity index (χ2v) is 4.45. The second kappa shape index (κ2) is 4.81. The minimum absolute atomic E-state index is 0.0263. The van der Waals surface area contributed by atoms with Crippen LogP contribution in [0.5, 0.6) is 0 Å². The molecule has 3 rings (SSSR count). The molecule has 2 aromatic rings. The highest BCUT2D eigenvalue weighted by Gasteiger charge is 2.37. The molecule has 1 saturated heterocycles. The largest absolute Gasteiger partial charge is 0.394 e. The van der Waals surface area contributed by atoms with Crippen LogP contribution in [0.1, 0.15) is 12.6 Å². The number of nitrogen functional groups attached to an aromatic ring is 1. The molecule has 1 aliphatic rings. The number of alkyl halides is 1. The van der Waals surface area contributed by atoms with E-state index in [4.69, 9.17) is 20.8 Å². The average Bonchev–Trinajstić information content (AvgIpc) is 3.00. The zero-order valence-corrected chi connectivity index (χ0v) is 10.3. The molecule has 20 heavy (non-hydrogen) atoms. The van der Waals surface area contributed by atoms with Gasteiger partial charge in [-0.15, -0.1) is 0 Å². The maximum atomic E-state index is 14.0. The Hall–Kier alpha value is -2.04. The Kier molecular flexibility index (Phi) is 3.12. The first kappa shape index (κ1) is 13.0. The van der Waals surface area contributed by atoms with Gasteiger partial charge in [-0.3, -0.25) is 15.3 Å². The summed E-state index contributed by atoms with van der Waals surface area (Å²) >= 11 is 0. The molecule has 2 aromatic heterocycles. The molecule has 0 aromatic carbocycles. The van der Waals surface area contributed by atoms with E-state index in [0.717, 1.165) is 0 Å². The van der Waals surface area contributed by atoms with Crippen LogP contribution < -0.4 is 11.2 Å². The summed E-state index contributed by atoms with van der Waals surface area (Å²) in [4.78, 5) is 11.8. The first-order valence-corrected chi connectivity index (χ1v) is 5.94. The van der Waals surface area contributed by atoms with E-state index in [1.807, 2.05) is 5.48 Å². The van der Waals surface area contributed by atoms with Crippen LogP contribution in [-0.4, -0.2) is 48.7 Å². The number of imidazole rings is 1. The standard InChI is InChI=1S/C10H13FN6O3/c11-5-1-4(2-18)20-9(5)17-3-13-6-7(16-19)14-10(12)15-8(6)17/h3-5,9,18-19H,1-2H2,(H3,12,14,15,16)/t4-,5+,9+/m0/s1. The Bertz CT molecular complexity index is 635. The van der Waals surface area contributed by atoms with E-state index in [9.17, 15) is 4.39 Å². The highest BCUT2D eigenvalue weighted by atomic mass is 19.1. The summed E-state index contributed by atoms with van der Waals surface area (Å²) in [5, 5.41) is 18.0. The normalized spacial score (nSPS) is 26.2. The first-order chi connectivity index (χ1) is 9.63. The van der Waals surface area contributed by atoms with Crippen LogP contribution >= 0.6 is 0 Å². The number of halogens is 1. The number of aromatic nitrogens is 4. The number of fused-ring (bicyclic) bond motifs is 1. The van der Waals surface area contributed by atoms with Gasteiger partial charge < -0.3 is 15.6 Å². The monoisotopic (exact) mass is 284 g/mol. The Labute approximate surface area is 112 Å². The van der Waals surface area contributed by atoms with Crippen LogP contribution in [0.25, 0.3) is 11.2 Å².